The normalized spacial score (nSPS) is 10.6. The number of nitrogens with two attached hydrogens (primary N) is 1. The van der Waals surface area contributed by atoms with E-state index < -0.39 is 5.91 Å². The maximum Gasteiger partial charge on any atom is 0.288 e. The van der Waals surface area contributed by atoms with Crippen LogP contribution >= 0.6 is 0 Å². The van der Waals surface area contributed by atoms with E-state index in [0.717, 1.165) is 11.0 Å². The van der Waals surface area contributed by atoms with Gasteiger partial charge in [0.25, 0.3) is 5.91 Å². The summed E-state index contributed by atoms with van der Waals surface area (Å²) in [5.41, 5.74) is 13.7. The lowest BCUT2D eigenvalue weighted by molar-refractivity contribution is 0.0957. The van der Waals surface area contributed by atoms with Crippen LogP contribution in [0.3, 0.4) is 0 Å². The van der Waals surface area contributed by atoms with E-state index in [1.54, 1.807) is 29.1 Å². The second kappa shape index (κ2) is 6.48. The van der Waals surface area contributed by atoms with E-state index >= 15 is 0 Å². The monoisotopic (exact) mass is 346 g/mol. The molecule has 1 aromatic carbocycles. The molecule has 0 radical (unpaired) electrons. The highest BCUT2D eigenvalue weighted by Gasteiger charge is 2.13. The van der Waals surface area contributed by atoms with Crippen LogP contribution in [0.1, 0.15) is 10.5 Å². The van der Waals surface area contributed by atoms with E-state index in [9.17, 15) is 4.79 Å². The molecule has 1 amide bonds. The van der Waals surface area contributed by atoms with E-state index in [1.165, 1.54) is 12.5 Å². The van der Waals surface area contributed by atoms with Gasteiger partial charge in [-0.2, -0.15) is 0 Å². The zero-order chi connectivity index (χ0) is 17.9. The number of rotatable bonds is 4. The van der Waals surface area contributed by atoms with Crippen LogP contribution in [-0.4, -0.2) is 30.4 Å². The number of nitrogens with zero attached hydrogens (tertiary/aromatic N) is 5. The highest BCUT2D eigenvalue weighted by Crippen LogP contribution is 2.24. The van der Waals surface area contributed by atoms with Gasteiger partial charge in [-0.25, -0.2) is 15.0 Å². The molecule has 4 N–H and O–H groups in total. The van der Waals surface area contributed by atoms with Gasteiger partial charge >= 0.3 is 0 Å². The molecule has 0 aliphatic heterocycles. The summed E-state index contributed by atoms with van der Waals surface area (Å²) < 4.78 is 1.76. The minimum absolute atomic E-state index is 0.272. The Labute approximate surface area is 147 Å². The van der Waals surface area contributed by atoms with Crippen molar-refractivity contribution < 1.29 is 4.79 Å². The fourth-order valence-corrected chi connectivity index (χ4v) is 2.48. The summed E-state index contributed by atoms with van der Waals surface area (Å²) in [6.07, 6.45) is 4.53. The molecule has 0 bridgehead atoms. The Morgan fingerprint density at radius 2 is 1.85 bits per heavy atom. The maximum absolute atomic E-state index is 12.1. The zero-order valence-corrected chi connectivity index (χ0v) is 13.5. The number of nitrogens with one attached hydrogen (secondary N) is 2. The number of fused-ring (bicyclic) bond motifs is 1. The van der Waals surface area contributed by atoms with Crippen molar-refractivity contribution in [2.75, 3.05) is 11.2 Å². The number of carbonyl (C=O) groups is 1. The van der Waals surface area contributed by atoms with Gasteiger partial charge in [-0.15, -0.1) is 0 Å². The predicted octanol–water partition coefficient (Wildman–Crippen LogP) is 1.55. The molecule has 9 nitrogen and oxygen atoms in total. The molecule has 0 aliphatic rings. The molecule has 128 valence electrons. The fourth-order valence-electron chi connectivity index (χ4n) is 2.48. The molecule has 0 atom stereocenters. The van der Waals surface area contributed by atoms with Gasteiger partial charge in [0.15, 0.2) is 11.6 Å². The Morgan fingerprint density at radius 1 is 1.00 bits per heavy atom. The van der Waals surface area contributed by atoms with Crippen LogP contribution in [-0.2, 0) is 0 Å². The number of pyridine rings is 1. The average Bonchev–Trinajstić information content (AvgIpc) is 3.11. The van der Waals surface area contributed by atoms with Crippen molar-refractivity contribution in [3.8, 4) is 5.82 Å². The third-order valence-electron chi connectivity index (χ3n) is 3.74. The first-order chi connectivity index (χ1) is 12.7. The summed E-state index contributed by atoms with van der Waals surface area (Å²) in [5.74, 6) is 0.332. The average molecular weight is 346 g/mol. The molecular weight excluding hydrogens is 332 g/mol. The molecule has 0 spiro atoms. The summed E-state index contributed by atoms with van der Waals surface area (Å²) in [5, 5.41) is 0. The quantitative estimate of drug-likeness (QED) is 0.479. The highest BCUT2D eigenvalue weighted by molar-refractivity contribution is 5.93. The van der Waals surface area contributed by atoms with Gasteiger partial charge in [0.1, 0.15) is 24.0 Å². The van der Waals surface area contributed by atoms with Gasteiger partial charge < -0.3 is 5.73 Å². The molecule has 0 unspecified atom stereocenters. The summed E-state index contributed by atoms with van der Waals surface area (Å²) in [4.78, 5) is 28.7. The van der Waals surface area contributed by atoms with Crippen molar-refractivity contribution in [2.24, 2.45) is 0 Å². The van der Waals surface area contributed by atoms with E-state index in [1.807, 2.05) is 24.3 Å². The number of benzene rings is 1. The maximum atomic E-state index is 12.1. The van der Waals surface area contributed by atoms with Crippen molar-refractivity contribution in [1.82, 2.24) is 29.9 Å². The van der Waals surface area contributed by atoms with Crippen molar-refractivity contribution in [1.29, 1.82) is 0 Å². The summed E-state index contributed by atoms with van der Waals surface area (Å²) in [6, 6.07) is 12.7. The first-order valence-electron chi connectivity index (χ1n) is 7.74. The molecule has 26 heavy (non-hydrogen) atoms. The number of imidazole rings is 1. The molecule has 3 heterocycles. The molecule has 0 aliphatic carbocycles. The van der Waals surface area contributed by atoms with E-state index in [0.29, 0.717) is 5.82 Å². The molecule has 0 saturated heterocycles. The first kappa shape index (κ1) is 15.5. The molecule has 0 fully saturated rings. The number of aromatic nitrogens is 5. The van der Waals surface area contributed by atoms with Gasteiger partial charge in [0, 0.05) is 6.20 Å². The van der Waals surface area contributed by atoms with Crippen LogP contribution in [0.15, 0.2) is 61.3 Å². The number of hydrazine groups is 1. The minimum Gasteiger partial charge on any atom is -0.393 e. The van der Waals surface area contributed by atoms with Crippen LogP contribution in [0.25, 0.3) is 16.9 Å². The summed E-state index contributed by atoms with van der Waals surface area (Å²) >= 11 is 0. The standard InChI is InChI=1S/C17H14N8O/c18-14-15(23-24-17(26)12-6-3-4-8-19-12)20-9-21-16(14)25-10-22-11-5-1-2-7-13(11)25/h1-10H,18H2,(H,24,26)(H,20,21,23). The Hall–Kier alpha value is -4.01. The lowest BCUT2D eigenvalue weighted by Crippen LogP contribution is -2.31. The third-order valence-corrected chi connectivity index (χ3v) is 3.74. The number of hydrogen-bond donors (Lipinski definition) is 3. The van der Waals surface area contributed by atoms with Crippen molar-refractivity contribution >= 4 is 28.4 Å². The highest BCUT2D eigenvalue weighted by atomic mass is 16.2. The van der Waals surface area contributed by atoms with Gasteiger partial charge in [-0.3, -0.25) is 25.2 Å². The third kappa shape index (κ3) is 2.77. The van der Waals surface area contributed by atoms with Crippen molar-refractivity contribution in [2.45, 2.75) is 0 Å². The number of anilines is 2. The van der Waals surface area contributed by atoms with E-state index in [-0.39, 0.29) is 17.2 Å². The lowest BCUT2D eigenvalue weighted by atomic mass is 10.3. The van der Waals surface area contributed by atoms with Crippen molar-refractivity contribution in [3.05, 3.63) is 67.0 Å². The summed E-state index contributed by atoms with van der Waals surface area (Å²) in [7, 11) is 0. The van der Waals surface area contributed by atoms with Crippen LogP contribution < -0.4 is 16.6 Å². The van der Waals surface area contributed by atoms with Crippen LogP contribution in [0.5, 0.6) is 0 Å². The molecular formula is C17H14N8O. The smallest absolute Gasteiger partial charge is 0.288 e. The Bertz CT molecular complexity index is 1080. The van der Waals surface area contributed by atoms with Gasteiger partial charge in [-0.1, -0.05) is 18.2 Å². The topological polar surface area (TPSA) is 124 Å². The lowest BCUT2D eigenvalue weighted by Gasteiger charge is -2.12. The Morgan fingerprint density at radius 3 is 2.69 bits per heavy atom. The molecule has 3 aromatic heterocycles. The Kier molecular flexibility index (Phi) is 3.86. The van der Waals surface area contributed by atoms with Crippen LogP contribution in [0, 0.1) is 0 Å². The summed E-state index contributed by atoms with van der Waals surface area (Å²) in [6.45, 7) is 0. The molecule has 9 heteroatoms. The Balaban J connectivity index is 1.61. The number of nitrogen functional groups attached to an aromatic ring is 1. The number of para-hydroxylation sites is 2. The predicted molar refractivity (Wildman–Crippen MR) is 96.4 cm³/mol. The number of hydrogen-bond acceptors (Lipinski definition) is 7. The first-order valence-corrected chi connectivity index (χ1v) is 7.74. The van der Waals surface area contributed by atoms with E-state index in [2.05, 4.69) is 30.8 Å². The minimum atomic E-state index is -0.404. The SMILES string of the molecule is Nc1c(NNC(=O)c2ccccn2)ncnc1-n1cnc2ccccc21. The van der Waals surface area contributed by atoms with Gasteiger partial charge in [-0.05, 0) is 24.3 Å². The van der Waals surface area contributed by atoms with Gasteiger partial charge in [0.2, 0.25) is 0 Å². The second-order valence-electron chi connectivity index (χ2n) is 5.36. The van der Waals surface area contributed by atoms with Crippen molar-refractivity contribution in [3.63, 3.8) is 0 Å². The second-order valence-corrected chi connectivity index (χ2v) is 5.36. The largest absolute Gasteiger partial charge is 0.393 e. The van der Waals surface area contributed by atoms with Gasteiger partial charge in [0.05, 0.1) is 11.0 Å². The number of amides is 1. The molecule has 4 rings (SSSR count). The molecule has 0 saturated carbocycles. The zero-order valence-electron chi connectivity index (χ0n) is 13.5. The van der Waals surface area contributed by atoms with Crippen LogP contribution in [0.2, 0.25) is 0 Å². The fraction of sp³-hybridized carbons (Fsp3) is 0. The van der Waals surface area contributed by atoms with Crippen LogP contribution in [0.4, 0.5) is 11.5 Å². The number of carbonyl (C=O) groups excluding carboxylic acids is 1. The molecule has 4 aromatic rings. The van der Waals surface area contributed by atoms with E-state index in [4.69, 9.17) is 5.73 Å².